The summed E-state index contributed by atoms with van der Waals surface area (Å²) >= 11 is 0. The normalized spacial score (nSPS) is 14.0. The lowest BCUT2D eigenvalue weighted by molar-refractivity contribution is 0.220. The summed E-state index contributed by atoms with van der Waals surface area (Å²) in [4.78, 5) is 0. The van der Waals surface area contributed by atoms with E-state index < -0.39 is 8.24 Å². The number of nitrogens with zero attached hydrogens (tertiary/aromatic N) is 1. The molecule has 0 rings (SSSR count). The topological polar surface area (TPSA) is 3.24 Å². The molecule has 12 heavy (non-hydrogen) atoms. The molecule has 0 N–H and O–H groups in total. The van der Waals surface area contributed by atoms with E-state index in [2.05, 4.69) is 51.9 Å². The molecule has 0 aromatic rings. The van der Waals surface area contributed by atoms with Crippen molar-refractivity contribution in [1.29, 1.82) is 0 Å². The third-order valence-corrected chi connectivity index (χ3v) is 5.26. The predicted molar refractivity (Wildman–Crippen MR) is 60.1 cm³/mol. The molecule has 0 saturated heterocycles. The highest BCUT2D eigenvalue weighted by molar-refractivity contribution is 6.73. The summed E-state index contributed by atoms with van der Waals surface area (Å²) in [7, 11) is -1.11. The molecule has 0 unspecified atom stereocenters. The van der Waals surface area contributed by atoms with Crippen molar-refractivity contribution in [3.8, 4) is 0 Å². The van der Waals surface area contributed by atoms with Crippen molar-refractivity contribution in [3.05, 3.63) is 0 Å². The van der Waals surface area contributed by atoms with Gasteiger partial charge in [-0.15, -0.1) is 0 Å². The van der Waals surface area contributed by atoms with Gasteiger partial charge in [-0.2, -0.15) is 0 Å². The van der Waals surface area contributed by atoms with Crippen molar-refractivity contribution in [2.24, 2.45) is 0 Å². The van der Waals surface area contributed by atoms with E-state index in [1.165, 1.54) is 13.0 Å². The number of hydrogen-bond acceptors (Lipinski definition) is 1. The lowest BCUT2D eigenvalue weighted by Gasteiger charge is -2.45. The second-order valence-corrected chi connectivity index (χ2v) is 9.96. The second kappa shape index (κ2) is 3.92. The lowest BCUT2D eigenvalue weighted by Crippen LogP contribution is -2.56. The second-order valence-electron chi connectivity index (χ2n) is 5.08. The lowest BCUT2D eigenvalue weighted by atomic mass is 10.0. The molecule has 1 nitrogen and oxygen atoms in total. The molecule has 0 amide bonds. The van der Waals surface area contributed by atoms with Crippen LogP contribution in [0.4, 0.5) is 0 Å². The van der Waals surface area contributed by atoms with Crippen LogP contribution in [0.3, 0.4) is 0 Å². The van der Waals surface area contributed by atoms with Crippen LogP contribution < -0.4 is 0 Å². The minimum absolute atomic E-state index is 0.388. The third kappa shape index (κ3) is 2.90. The predicted octanol–water partition coefficient (Wildman–Crippen LogP) is 3.33. The Morgan fingerprint density at radius 1 is 1.08 bits per heavy atom. The molecular weight excluding hydrogens is 162 g/mol. The molecule has 0 fully saturated rings. The smallest absolute Gasteiger partial charge is 0.119 e. The van der Waals surface area contributed by atoms with E-state index in [0.717, 1.165) is 0 Å². The molecule has 0 aliphatic heterocycles. The van der Waals surface area contributed by atoms with Gasteiger partial charge in [0.2, 0.25) is 0 Å². The summed E-state index contributed by atoms with van der Waals surface area (Å²) in [6.45, 7) is 17.7. The van der Waals surface area contributed by atoms with Crippen molar-refractivity contribution in [2.75, 3.05) is 6.54 Å². The zero-order valence-corrected chi connectivity index (χ0v) is 10.9. The standard InChI is InChI=1S/C10H25NSi/c1-8-10(3,4)11(9-2)12(5,6)7/h8-9H2,1-7H3. The fourth-order valence-electron chi connectivity index (χ4n) is 2.00. The Kier molecular flexibility index (Phi) is 3.98. The Bertz CT molecular complexity index is 135. The zero-order chi connectivity index (χ0) is 9.99. The van der Waals surface area contributed by atoms with Crippen molar-refractivity contribution in [2.45, 2.75) is 59.3 Å². The molecular formula is C10H25NSi. The Balaban J connectivity index is 4.56. The van der Waals surface area contributed by atoms with E-state index in [4.69, 9.17) is 0 Å². The van der Waals surface area contributed by atoms with Crippen LogP contribution in [0, 0.1) is 0 Å². The van der Waals surface area contributed by atoms with Gasteiger partial charge < -0.3 is 4.57 Å². The van der Waals surface area contributed by atoms with Crippen LogP contribution in [-0.4, -0.2) is 24.9 Å². The van der Waals surface area contributed by atoms with Gasteiger partial charge in [-0.05, 0) is 26.8 Å². The Hall–Kier alpha value is 0.177. The van der Waals surface area contributed by atoms with Crippen LogP contribution in [0.15, 0.2) is 0 Å². The van der Waals surface area contributed by atoms with Gasteiger partial charge in [0, 0.05) is 5.54 Å². The summed E-state index contributed by atoms with van der Waals surface area (Å²) in [5, 5.41) is 0. The van der Waals surface area contributed by atoms with Crippen LogP contribution in [0.5, 0.6) is 0 Å². The average Bonchev–Trinajstić information content (AvgIpc) is 1.85. The Labute approximate surface area is 79.2 Å². The first-order chi connectivity index (χ1) is 5.25. The fourth-order valence-corrected chi connectivity index (χ4v) is 4.92. The molecule has 0 aromatic heterocycles. The summed E-state index contributed by atoms with van der Waals surface area (Å²) < 4.78 is 2.69. The quantitative estimate of drug-likeness (QED) is 0.610. The number of hydrogen-bond donors (Lipinski definition) is 0. The molecule has 0 aliphatic rings. The molecule has 0 atom stereocenters. The van der Waals surface area contributed by atoms with Crippen LogP contribution >= 0.6 is 0 Å². The molecule has 0 heterocycles. The minimum atomic E-state index is -1.11. The summed E-state index contributed by atoms with van der Waals surface area (Å²) in [5.41, 5.74) is 0.388. The van der Waals surface area contributed by atoms with E-state index in [1.54, 1.807) is 0 Å². The highest BCUT2D eigenvalue weighted by Gasteiger charge is 2.33. The maximum absolute atomic E-state index is 2.69. The van der Waals surface area contributed by atoms with Crippen molar-refractivity contribution in [3.63, 3.8) is 0 Å². The largest absolute Gasteiger partial charge is 0.319 e. The first-order valence-corrected chi connectivity index (χ1v) is 8.48. The van der Waals surface area contributed by atoms with Crippen molar-refractivity contribution in [1.82, 2.24) is 4.57 Å². The SMILES string of the molecule is CCN(C(C)(C)CC)[Si](C)(C)C. The van der Waals surface area contributed by atoms with Gasteiger partial charge in [0.1, 0.15) is 8.24 Å². The summed E-state index contributed by atoms with van der Waals surface area (Å²) in [5.74, 6) is 0. The van der Waals surface area contributed by atoms with Crippen molar-refractivity contribution >= 4 is 8.24 Å². The van der Waals surface area contributed by atoms with Gasteiger partial charge in [0.25, 0.3) is 0 Å². The van der Waals surface area contributed by atoms with E-state index in [0.29, 0.717) is 5.54 Å². The first kappa shape index (κ1) is 12.2. The monoisotopic (exact) mass is 187 g/mol. The van der Waals surface area contributed by atoms with Gasteiger partial charge in [0.15, 0.2) is 0 Å². The Morgan fingerprint density at radius 2 is 1.50 bits per heavy atom. The van der Waals surface area contributed by atoms with Gasteiger partial charge >= 0.3 is 0 Å². The van der Waals surface area contributed by atoms with Crippen LogP contribution in [0.25, 0.3) is 0 Å². The van der Waals surface area contributed by atoms with Crippen molar-refractivity contribution < 1.29 is 0 Å². The van der Waals surface area contributed by atoms with E-state index in [1.807, 2.05) is 0 Å². The highest BCUT2D eigenvalue weighted by Crippen LogP contribution is 2.24. The molecule has 0 radical (unpaired) electrons. The molecule has 0 saturated carbocycles. The Morgan fingerprint density at radius 3 is 1.58 bits per heavy atom. The minimum Gasteiger partial charge on any atom is -0.319 e. The summed E-state index contributed by atoms with van der Waals surface area (Å²) in [6.07, 6.45) is 1.24. The zero-order valence-electron chi connectivity index (χ0n) is 9.86. The third-order valence-electron chi connectivity index (χ3n) is 2.72. The van der Waals surface area contributed by atoms with Crippen LogP contribution in [0.1, 0.15) is 34.1 Å². The summed E-state index contributed by atoms with van der Waals surface area (Å²) in [6, 6.07) is 0. The maximum atomic E-state index is 2.69. The molecule has 0 aromatic carbocycles. The van der Waals surface area contributed by atoms with Gasteiger partial charge in [-0.3, -0.25) is 0 Å². The van der Waals surface area contributed by atoms with Gasteiger partial charge in [-0.25, -0.2) is 0 Å². The molecule has 0 bridgehead atoms. The van der Waals surface area contributed by atoms with Crippen LogP contribution in [-0.2, 0) is 0 Å². The van der Waals surface area contributed by atoms with Gasteiger partial charge in [-0.1, -0.05) is 33.5 Å². The van der Waals surface area contributed by atoms with E-state index in [-0.39, 0.29) is 0 Å². The average molecular weight is 187 g/mol. The van der Waals surface area contributed by atoms with Crippen LogP contribution in [0.2, 0.25) is 19.6 Å². The fraction of sp³-hybridized carbons (Fsp3) is 1.00. The highest BCUT2D eigenvalue weighted by atomic mass is 28.3. The number of rotatable bonds is 4. The first-order valence-electron chi connectivity index (χ1n) is 5.03. The molecule has 0 spiro atoms. The molecule has 74 valence electrons. The molecule has 2 heteroatoms. The van der Waals surface area contributed by atoms with E-state index in [9.17, 15) is 0 Å². The molecule has 0 aliphatic carbocycles. The maximum Gasteiger partial charge on any atom is 0.119 e. The van der Waals surface area contributed by atoms with E-state index >= 15 is 0 Å². The van der Waals surface area contributed by atoms with Gasteiger partial charge in [0.05, 0.1) is 0 Å².